The molecule has 0 amide bonds. The number of carboxylic acid groups (broad SMARTS) is 1. The fourth-order valence-corrected chi connectivity index (χ4v) is 4.18. The summed E-state index contributed by atoms with van der Waals surface area (Å²) in [5.74, 6) is -1.95. The van der Waals surface area contributed by atoms with Gasteiger partial charge in [0, 0.05) is 27.9 Å². The zero-order valence-corrected chi connectivity index (χ0v) is 18.3. The molecule has 0 radical (unpaired) electrons. The van der Waals surface area contributed by atoms with Gasteiger partial charge in [0.15, 0.2) is 5.69 Å². The Hall–Kier alpha value is -3.39. The van der Waals surface area contributed by atoms with Gasteiger partial charge in [0.25, 0.3) is 0 Å². The molecular formula is C25H17ClF4NO3-. The van der Waals surface area contributed by atoms with Crippen LogP contribution >= 0.6 is 11.6 Å². The SMILES string of the molecule is O=C([O-])c1cc(C2=C(c3cc(Cl)ccc3OCc3ccccc3F)CCC2)cnc1C(F)(F)F. The van der Waals surface area contributed by atoms with E-state index in [1.165, 1.54) is 6.07 Å². The average Bonchev–Trinajstić information content (AvgIpc) is 3.28. The molecule has 34 heavy (non-hydrogen) atoms. The van der Waals surface area contributed by atoms with Gasteiger partial charge in [0.05, 0.1) is 5.97 Å². The fraction of sp³-hybridized carbons (Fsp3) is 0.200. The lowest BCUT2D eigenvalue weighted by Crippen LogP contribution is -2.27. The molecule has 1 aliphatic rings. The Kier molecular flexibility index (Phi) is 6.61. The number of halogens is 5. The van der Waals surface area contributed by atoms with E-state index in [-0.39, 0.29) is 12.2 Å². The fourth-order valence-electron chi connectivity index (χ4n) is 4.01. The molecule has 0 N–H and O–H groups in total. The highest BCUT2D eigenvalue weighted by Crippen LogP contribution is 2.44. The summed E-state index contributed by atoms with van der Waals surface area (Å²) in [7, 11) is 0. The van der Waals surface area contributed by atoms with E-state index in [0.717, 1.165) is 17.8 Å². The molecule has 3 aromatic rings. The van der Waals surface area contributed by atoms with Crippen LogP contribution < -0.4 is 9.84 Å². The summed E-state index contributed by atoms with van der Waals surface area (Å²) in [5, 5.41) is 11.8. The molecule has 1 heterocycles. The minimum atomic E-state index is -4.93. The number of ether oxygens (including phenoxy) is 1. The summed E-state index contributed by atoms with van der Waals surface area (Å²) in [6.07, 6.45) is -2.17. The van der Waals surface area contributed by atoms with Crippen LogP contribution in [0.5, 0.6) is 5.75 Å². The minimum Gasteiger partial charge on any atom is -0.545 e. The van der Waals surface area contributed by atoms with Crippen molar-refractivity contribution in [3.8, 4) is 5.75 Å². The van der Waals surface area contributed by atoms with Gasteiger partial charge >= 0.3 is 6.18 Å². The second-order valence-electron chi connectivity index (χ2n) is 7.74. The Morgan fingerprint density at radius 1 is 1.09 bits per heavy atom. The monoisotopic (exact) mass is 490 g/mol. The smallest absolute Gasteiger partial charge is 0.433 e. The highest BCUT2D eigenvalue weighted by molar-refractivity contribution is 6.30. The van der Waals surface area contributed by atoms with Crippen LogP contribution in [0.4, 0.5) is 17.6 Å². The lowest BCUT2D eigenvalue weighted by atomic mass is 9.96. The number of hydrogen-bond acceptors (Lipinski definition) is 4. The summed E-state index contributed by atoms with van der Waals surface area (Å²) < 4.78 is 59.4. The average molecular weight is 491 g/mol. The van der Waals surface area contributed by atoms with E-state index in [1.807, 2.05) is 0 Å². The Balaban J connectivity index is 1.76. The Labute approximate surface area is 197 Å². The molecule has 1 aliphatic carbocycles. The summed E-state index contributed by atoms with van der Waals surface area (Å²) in [4.78, 5) is 14.8. The highest BCUT2D eigenvalue weighted by Gasteiger charge is 2.36. The summed E-state index contributed by atoms with van der Waals surface area (Å²) in [6.45, 7) is -0.0411. The van der Waals surface area contributed by atoms with Gasteiger partial charge in [-0.1, -0.05) is 29.8 Å². The molecule has 0 aliphatic heterocycles. The standard InChI is InChI=1S/C25H18ClF4NO3/c26-16-8-9-22(34-13-14-4-1-2-7-21(14)27)19(11-16)18-6-3-5-17(18)15-10-20(24(32)33)23(31-12-15)25(28,29)30/h1-2,4,7-12H,3,5-6,13H2,(H,32,33)/p-1. The molecule has 0 unspecified atom stereocenters. The van der Waals surface area contributed by atoms with Crippen molar-refractivity contribution in [3.05, 3.63) is 93.5 Å². The zero-order valence-electron chi connectivity index (χ0n) is 17.6. The Morgan fingerprint density at radius 2 is 1.82 bits per heavy atom. The molecule has 0 atom stereocenters. The molecule has 2 aromatic carbocycles. The molecule has 0 spiro atoms. The second kappa shape index (κ2) is 9.46. The largest absolute Gasteiger partial charge is 0.545 e. The van der Waals surface area contributed by atoms with Gasteiger partial charge in [0.2, 0.25) is 0 Å². The third kappa shape index (κ3) is 4.92. The number of benzene rings is 2. The van der Waals surface area contributed by atoms with Gasteiger partial charge in [-0.3, -0.25) is 4.98 Å². The van der Waals surface area contributed by atoms with Gasteiger partial charge in [0.1, 0.15) is 18.2 Å². The molecule has 0 bridgehead atoms. The molecule has 4 nitrogen and oxygen atoms in total. The van der Waals surface area contributed by atoms with Crippen molar-refractivity contribution in [1.82, 2.24) is 4.98 Å². The van der Waals surface area contributed by atoms with Crippen LogP contribution in [0.15, 0.2) is 54.7 Å². The molecule has 4 rings (SSSR count). The van der Waals surface area contributed by atoms with Gasteiger partial charge < -0.3 is 14.6 Å². The first-order valence-electron chi connectivity index (χ1n) is 10.3. The summed E-state index contributed by atoms with van der Waals surface area (Å²) >= 11 is 6.21. The van der Waals surface area contributed by atoms with Crippen LogP contribution in [0.2, 0.25) is 5.02 Å². The number of alkyl halides is 3. The Bertz CT molecular complexity index is 1290. The molecule has 0 saturated carbocycles. The number of hydrogen-bond donors (Lipinski definition) is 0. The number of carbonyl (C=O) groups excluding carboxylic acids is 1. The number of carboxylic acids is 1. The van der Waals surface area contributed by atoms with Crippen LogP contribution in [-0.4, -0.2) is 11.0 Å². The molecule has 176 valence electrons. The number of aromatic nitrogens is 1. The topological polar surface area (TPSA) is 62.2 Å². The molecule has 1 aromatic heterocycles. The van der Waals surface area contributed by atoms with E-state index in [0.29, 0.717) is 46.7 Å². The highest BCUT2D eigenvalue weighted by atomic mass is 35.5. The maximum atomic E-state index is 14.0. The van der Waals surface area contributed by atoms with Gasteiger partial charge in [-0.25, -0.2) is 4.39 Å². The summed E-state index contributed by atoms with van der Waals surface area (Å²) in [5.41, 5.74) is 0.0677. The van der Waals surface area contributed by atoms with E-state index < -0.39 is 29.2 Å². The van der Waals surface area contributed by atoms with E-state index >= 15 is 0 Å². The first-order chi connectivity index (χ1) is 16.1. The van der Waals surface area contributed by atoms with E-state index in [1.54, 1.807) is 36.4 Å². The van der Waals surface area contributed by atoms with E-state index in [2.05, 4.69) is 4.98 Å². The number of nitrogens with zero attached hydrogens (tertiary/aromatic N) is 1. The van der Waals surface area contributed by atoms with Gasteiger partial charge in [-0.05, 0) is 66.3 Å². The number of pyridine rings is 1. The Morgan fingerprint density at radius 3 is 2.53 bits per heavy atom. The normalized spacial score (nSPS) is 13.9. The second-order valence-corrected chi connectivity index (χ2v) is 8.17. The predicted octanol–water partition coefficient (Wildman–Crippen LogP) is 5.93. The summed E-state index contributed by atoms with van der Waals surface area (Å²) in [6, 6.07) is 12.0. The van der Waals surface area contributed by atoms with Crippen molar-refractivity contribution >= 4 is 28.7 Å². The van der Waals surface area contributed by atoms with E-state index in [9.17, 15) is 27.5 Å². The third-order valence-electron chi connectivity index (χ3n) is 5.55. The van der Waals surface area contributed by atoms with Crippen LogP contribution in [0.3, 0.4) is 0 Å². The molecule has 9 heteroatoms. The van der Waals surface area contributed by atoms with E-state index in [4.69, 9.17) is 16.3 Å². The minimum absolute atomic E-state index is 0.0411. The molecule has 0 fully saturated rings. The maximum Gasteiger partial charge on any atom is 0.433 e. The predicted molar refractivity (Wildman–Crippen MR) is 116 cm³/mol. The molecular weight excluding hydrogens is 474 g/mol. The van der Waals surface area contributed by atoms with Crippen LogP contribution in [0.1, 0.15) is 52.0 Å². The third-order valence-corrected chi connectivity index (χ3v) is 5.79. The number of aromatic carboxylic acids is 1. The van der Waals surface area contributed by atoms with Crippen molar-refractivity contribution in [3.63, 3.8) is 0 Å². The van der Waals surface area contributed by atoms with Crippen LogP contribution in [0, 0.1) is 5.82 Å². The van der Waals surface area contributed by atoms with Crippen LogP contribution in [-0.2, 0) is 12.8 Å². The number of rotatable bonds is 6. The first-order valence-corrected chi connectivity index (χ1v) is 10.7. The zero-order chi connectivity index (χ0) is 24.5. The van der Waals surface area contributed by atoms with Crippen molar-refractivity contribution in [2.75, 3.05) is 0 Å². The number of allylic oxidation sites excluding steroid dienone is 2. The van der Waals surface area contributed by atoms with Crippen LogP contribution in [0.25, 0.3) is 11.1 Å². The lowest BCUT2D eigenvalue weighted by Gasteiger charge is -2.17. The van der Waals surface area contributed by atoms with Crippen molar-refractivity contribution < 1.29 is 32.2 Å². The quantitative estimate of drug-likeness (QED) is 0.402. The lowest BCUT2D eigenvalue weighted by molar-refractivity contribution is -0.255. The van der Waals surface area contributed by atoms with Gasteiger partial charge in [-0.15, -0.1) is 0 Å². The maximum absolute atomic E-state index is 14.0. The van der Waals surface area contributed by atoms with Crippen molar-refractivity contribution in [1.29, 1.82) is 0 Å². The van der Waals surface area contributed by atoms with Crippen molar-refractivity contribution in [2.45, 2.75) is 32.0 Å². The van der Waals surface area contributed by atoms with Crippen molar-refractivity contribution in [2.24, 2.45) is 0 Å². The molecule has 0 saturated heterocycles. The van der Waals surface area contributed by atoms with Gasteiger partial charge in [-0.2, -0.15) is 13.2 Å². The first kappa shape index (κ1) is 23.8. The number of carbonyl (C=O) groups is 1.